The van der Waals surface area contributed by atoms with Crippen LogP contribution in [0.1, 0.15) is 32.6 Å². The summed E-state index contributed by atoms with van der Waals surface area (Å²) in [5.74, 6) is 0.514. The maximum atomic E-state index is 12.8. The monoisotopic (exact) mass is 418 g/mol. The number of aromatic nitrogens is 3. The normalized spacial score (nSPS) is 16.4. The molecule has 0 aliphatic carbocycles. The third-order valence-electron chi connectivity index (χ3n) is 5.51. The molecule has 1 aliphatic heterocycles. The Labute approximate surface area is 181 Å². The minimum atomic E-state index is 0.170. The Balaban J connectivity index is 1.57. The van der Waals surface area contributed by atoms with E-state index in [0.717, 1.165) is 48.3 Å². The first-order chi connectivity index (χ1) is 14.8. The van der Waals surface area contributed by atoms with Crippen LogP contribution in [0, 0.1) is 0 Å². The molecule has 1 aliphatic rings. The number of hydrogen-bond donors (Lipinski definition) is 0. The average molecular weight is 419 g/mol. The van der Waals surface area contributed by atoms with Gasteiger partial charge in [-0.2, -0.15) is 0 Å². The summed E-state index contributed by atoms with van der Waals surface area (Å²) in [5, 5.41) is 9.35. The molecule has 1 saturated heterocycles. The van der Waals surface area contributed by atoms with Crippen LogP contribution in [0.4, 0.5) is 0 Å². The summed E-state index contributed by atoms with van der Waals surface area (Å²) in [5.41, 5.74) is 3.50. The Morgan fingerprint density at radius 2 is 1.63 bits per heavy atom. The highest BCUT2D eigenvalue weighted by Gasteiger charge is 2.25. The molecule has 4 rings (SSSR count). The molecule has 2 aromatic carbocycles. The molecule has 0 spiro atoms. The fourth-order valence-corrected chi connectivity index (χ4v) is 4.60. The summed E-state index contributed by atoms with van der Waals surface area (Å²) in [6, 6.07) is 20.3. The van der Waals surface area contributed by atoms with Gasteiger partial charge in [-0.25, -0.2) is 4.98 Å². The van der Waals surface area contributed by atoms with Gasteiger partial charge in [0.15, 0.2) is 0 Å². The van der Waals surface area contributed by atoms with Crippen LogP contribution in [0.2, 0.25) is 0 Å². The number of carbonyl (C=O) groups excluding carboxylic acids is 1. The highest BCUT2D eigenvalue weighted by atomic mass is 32.2. The minimum absolute atomic E-state index is 0.170. The van der Waals surface area contributed by atoms with Gasteiger partial charge in [-0.15, -0.1) is 10.2 Å². The van der Waals surface area contributed by atoms with E-state index in [9.17, 15) is 4.79 Å². The largest absolute Gasteiger partial charge is 0.339 e. The topological polar surface area (TPSA) is 59.0 Å². The van der Waals surface area contributed by atoms with Gasteiger partial charge in [0.1, 0.15) is 11.4 Å². The Morgan fingerprint density at radius 3 is 2.30 bits per heavy atom. The van der Waals surface area contributed by atoms with Crippen molar-refractivity contribution >= 4 is 17.7 Å². The number of benzene rings is 2. The molecule has 1 atom stereocenters. The Morgan fingerprint density at radius 1 is 0.967 bits per heavy atom. The Kier molecular flexibility index (Phi) is 6.74. The molecule has 1 fully saturated rings. The van der Waals surface area contributed by atoms with Crippen LogP contribution in [0.25, 0.3) is 22.5 Å². The number of hydrogen-bond acceptors (Lipinski definition) is 5. The van der Waals surface area contributed by atoms with E-state index in [1.165, 1.54) is 18.2 Å². The molecule has 0 bridgehead atoms. The summed E-state index contributed by atoms with van der Waals surface area (Å²) >= 11 is 1.37. The second-order valence-electron chi connectivity index (χ2n) is 7.46. The summed E-state index contributed by atoms with van der Waals surface area (Å²) in [6.45, 7) is 3.02. The number of rotatable bonds is 6. The van der Waals surface area contributed by atoms with Gasteiger partial charge in [0.05, 0.1) is 5.75 Å². The van der Waals surface area contributed by atoms with Crippen LogP contribution in [0.5, 0.6) is 0 Å². The van der Waals surface area contributed by atoms with Crippen LogP contribution in [-0.2, 0) is 4.79 Å². The minimum Gasteiger partial charge on any atom is -0.339 e. The van der Waals surface area contributed by atoms with Gasteiger partial charge in [-0.05, 0) is 25.7 Å². The lowest BCUT2D eigenvalue weighted by molar-refractivity contribution is -0.132. The summed E-state index contributed by atoms with van der Waals surface area (Å²) < 4.78 is 0. The van der Waals surface area contributed by atoms with E-state index in [4.69, 9.17) is 4.98 Å². The number of thioether (sulfide) groups is 1. The van der Waals surface area contributed by atoms with Gasteiger partial charge in [-0.1, -0.05) is 79.3 Å². The third-order valence-corrected chi connectivity index (χ3v) is 6.33. The second-order valence-corrected chi connectivity index (χ2v) is 8.40. The zero-order valence-corrected chi connectivity index (χ0v) is 18.0. The van der Waals surface area contributed by atoms with Gasteiger partial charge < -0.3 is 4.90 Å². The lowest BCUT2D eigenvalue weighted by Gasteiger charge is -2.35. The van der Waals surface area contributed by atoms with E-state index >= 15 is 0 Å². The molecule has 0 radical (unpaired) electrons. The van der Waals surface area contributed by atoms with Crippen molar-refractivity contribution in [2.75, 3.05) is 12.3 Å². The van der Waals surface area contributed by atoms with Gasteiger partial charge >= 0.3 is 0 Å². The van der Waals surface area contributed by atoms with E-state index in [-0.39, 0.29) is 5.91 Å². The number of likely N-dealkylation sites (tertiary alicyclic amines) is 1. The number of amides is 1. The van der Waals surface area contributed by atoms with Crippen molar-refractivity contribution in [3.8, 4) is 22.5 Å². The van der Waals surface area contributed by atoms with Gasteiger partial charge in [-0.3, -0.25) is 4.79 Å². The summed E-state index contributed by atoms with van der Waals surface area (Å²) in [4.78, 5) is 19.6. The Bertz CT molecular complexity index is 981. The van der Waals surface area contributed by atoms with E-state index in [2.05, 4.69) is 17.1 Å². The van der Waals surface area contributed by atoms with E-state index in [1.807, 2.05) is 65.6 Å². The van der Waals surface area contributed by atoms with Crippen LogP contribution in [-0.4, -0.2) is 44.3 Å². The maximum Gasteiger partial charge on any atom is 0.233 e. The third kappa shape index (κ3) is 4.70. The van der Waals surface area contributed by atoms with Gasteiger partial charge in [0.25, 0.3) is 0 Å². The van der Waals surface area contributed by atoms with Crippen molar-refractivity contribution in [3.05, 3.63) is 60.7 Å². The molecule has 0 N–H and O–H groups in total. The van der Waals surface area contributed by atoms with Crippen molar-refractivity contribution in [2.45, 2.75) is 43.8 Å². The zero-order chi connectivity index (χ0) is 20.8. The molecular formula is C24H26N4OS. The first-order valence-electron chi connectivity index (χ1n) is 10.5. The molecular weight excluding hydrogens is 392 g/mol. The van der Waals surface area contributed by atoms with E-state index in [0.29, 0.717) is 17.0 Å². The molecule has 1 amide bonds. The smallest absolute Gasteiger partial charge is 0.233 e. The molecule has 5 nitrogen and oxygen atoms in total. The highest BCUT2D eigenvalue weighted by Crippen LogP contribution is 2.30. The molecule has 30 heavy (non-hydrogen) atoms. The molecule has 1 aromatic heterocycles. The summed E-state index contributed by atoms with van der Waals surface area (Å²) in [6.07, 6.45) is 4.42. The first-order valence-corrected chi connectivity index (χ1v) is 11.5. The van der Waals surface area contributed by atoms with Crippen molar-refractivity contribution < 1.29 is 4.79 Å². The number of piperidine rings is 1. The predicted octanol–water partition coefficient (Wildman–Crippen LogP) is 5.09. The van der Waals surface area contributed by atoms with Crippen LogP contribution < -0.4 is 0 Å². The summed E-state index contributed by atoms with van der Waals surface area (Å²) in [7, 11) is 0. The van der Waals surface area contributed by atoms with E-state index in [1.54, 1.807) is 0 Å². The average Bonchev–Trinajstić information content (AvgIpc) is 2.83. The number of nitrogens with zero attached hydrogens (tertiary/aromatic N) is 4. The second kappa shape index (κ2) is 9.85. The van der Waals surface area contributed by atoms with Gasteiger partial charge in [0, 0.05) is 23.7 Å². The number of carbonyl (C=O) groups is 1. The van der Waals surface area contributed by atoms with Crippen molar-refractivity contribution in [3.63, 3.8) is 0 Å². The van der Waals surface area contributed by atoms with Crippen LogP contribution >= 0.6 is 11.8 Å². The first kappa shape index (κ1) is 20.5. The fourth-order valence-electron chi connectivity index (χ4n) is 3.92. The lowest BCUT2D eigenvalue weighted by Crippen LogP contribution is -2.44. The molecule has 0 unspecified atom stereocenters. The standard InChI is InChI=1S/C24H26N4OS/c1-2-20-15-9-10-16-28(20)21(29)17-30-24-25-22(18-11-5-3-6-12-18)23(26-27-24)19-13-7-4-8-14-19/h3-8,11-14,20H,2,9-10,15-17H2,1H3/t20-/m0/s1. The fraction of sp³-hybridized carbons (Fsp3) is 0.333. The van der Waals surface area contributed by atoms with Crippen molar-refractivity contribution in [2.24, 2.45) is 0 Å². The van der Waals surface area contributed by atoms with Crippen molar-refractivity contribution in [1.29, 1.82) is 0 Å². The molecule has 0 saturated carbocycles. The molecule has 2 heterocycles. The van der Waals surface area contributed by atoms with E-state index < -0.39 is 0 Å². The SMILES string of the molecule is CC[C@H]1CCCCN1C(=O)CSc1nnc(-c2ccccc2)c(-c2ccccc2)n1. The predicted molar refractivity (Wildman–Crippen MR) is 121 cm³/mol. The highest BCUT2D eigenvalue weighted by molar-refractivity contribution is 7.99. The van der Waals surface area contributed by atoms with Crippen LogP contribution in [0.15, 0.2) is 65.8 Å². The molecule has 154 valence electrons. The Hall–Kier alpha value is -2.73. The quantitative estimate of drug-likeness (QED) is 0.522. The van der Waals surface area contributed by atoms with Crippen molar-refractivity contribution in [1.82, 2.24) is 20.1 Å². The molecule has 6 heteroatoms. The molecule has 3 aromatic rings. The zero-order valence-electron chi connectivity index (χ0n) is 17.2. The van der Waals surface area contributed by atoms with Crippen LogP contribution in [0.3, 0.4) is 0 Å². The lowest BCUT2D eigenvalue weighted by atomic mass is 10.0. The maximum absolute atomic E-state index is 12.8. The van der Waals surface area contributed by atoms with Gasteiger partial charge in [0.2, 0.25) is 11.1 Å².